The molecule has 1 aromatic rings. The van der Waals surface area contributed by atoms with Crippen LogP contribution < -0.4 is 5.32 Å². The van der Waals surface area contributed by atoms with Gasteiger partial charge in [-0.2, -0.15) is 8.42 Å². The zero-order valence-electron chi connectivity index (χ0n) is 8.89. The molecule has 1 rings (SSSR count). The van der Waals surface area contributed by atoms with Crippen molar-refractivity contribution in [3.63, 3.8) is 0 Å². The van der Waals surface area contributed by atoms with Crippen molar-refractivity contribution in [1.29, 1.82) is 0 Å². The Labute approximate surface area is 95.7 Å². The molecular formula is C11H15NO3S. The van der Waals surface area contributed by atoms with Gasteiger partial charge in [-0.3, -0.25) is 4.55 Å². The number of nitrogens with one attached hydrogen (secondary N) is 1. The quantitative estimate of drug-likeness (QED) is 0.582. The number of benzene rings is 1. The van der Waals surface area contributed by atoms with Crippen molar-refractivity contribution < 1.29 is 13.0 Å². The molecule has 16 heavy (non-hydrogen) atoms. The van der Waals surface area contributed by atoms with E-state index in [9.17, 15) is 8.42 Å². The van der Waals surface area contributed by atoms with Crippen molar-refractivity contribution in [2.24, 2.45) is 0 Å². The van der Waals surface area contributed by atoms with Crippen LogP contribution in [0.15, 0.2) is 30.8 Å². The molecule has 0 spiro atoms. The molecule has 4 nitrogen and oxygen atoms in total. The summed E-state index contributed by atoms with van der Waals surface area (Å²) >= 11 is 0. The molecule has 0 fully saturated rings. The minimum atomic E-state index is -3.88. The predicted octanol–water partition coefficient (Wildman–Crippen LogP) is 1.31. The number of hydrogen-bond donors (Lipinski definition) is 2. The van der Waals surface area contributed by atoms with Gasteiger partial charge in [-0.15, -0.1) is 0 Å². The summed E-state index contributed by atoms with van der Waals surface area (Å²) in [5, 5.41) is 2.95. The number of rotatable bonds is 6. The van der Waals surface area contributed by atoms with Gasteiger partial charge in [0.05, 0.1) is 5.75 Å². The number of hydrogen-bond acceptors (Lipinski definition) is 3. The lowest BCUT2D eigenvalue weighted by Crippen LogP contribution is -2.22. The highest BCUT2D eigenvalue weighted by molar-refractivity contribution is 7.85. The van der Waals surface area contributed by atoms with Crippen molar-refractivity contribution in [3.8, 4) is 0 Å². The summed E-state index contributed by atoms with van der Waals surface area (Å²) < 4.78 is 29.5. The summed E-state index contributed by atoms with van der Waals surface area (Å²) in [6.45, 7) is 4.48. The first-order valence-electron chi connectivity index (χ1n) is 4.89. The van der Waals surface area contributed by atoms with E-state index in [-0.39, 0.29) is 12.3 Å². The molecule has 2 N–H and O–H groups in total. The third-order valence-electron chi connectivity index (χ3n) is 2.13. The Morgan fingerprint density at radius 2 is 2.06 bits per heavy atom. The summed E-state index contributed by atoms with van der Waals surface area (Å²) in [6, 6.07) is 7.70. The zero-order chi connectivity index (χ0) is 12.0. The molecule has 0 aliphatic rings. The van der Waals surface area contributed by atoms with E-state index >= 15 is 0 Å². The molecule has 0 unspecified atom stereocenters. The summed E-state index contributed by atoms with van der Waals surface area (Å²) in [4.78, 5) is 0. The first-order valence-corrected chi connectivity index (χ1v) is 6.50. The van der Waals surface area contributed by atoms with E-state index < -0.39 is 10.1 Å². The zero-order valence-corrected chi connectivity index (χ0v) is 9.70. The van der Waals surface area contributed by atoms with Crippen LogP contribution in [0.3, 0.4) is 0 Å². The molecule has 1 aromatic carbocycles. The Balaban J connectivity index is 2.46. The smallest absolute Gasteiger partial charge is 0.266 e. The highest BCUT2D eigenvalue weighted by Crippen LogP contribution is 2.09. The normalized spacial score (nSPS) is 11.3. The third kappa shape index (κ3) is 4.57. The lowest BCUT2D eigenvalue weighted by molar-refractivity contribution is 0.480. The molecule has 0 aliphatic carbocycles. The van der Waals surface area contributed by atoms with E-state index in [1.165, 1.54) is 0 Å². The van der Waals surface area contributed by atoms with Crippen LogP contribution >= 0.6 is 0 Å². The fourth-order valence-electron chi connectivity index (χ4n) is 1.32. The molecule has 0 bridgehead atoms. The maximum absolute atomic E-state index is 10.5. The minimum absolute atomic E-state index is 0.226. The lowest BCUT2D eigenvalue weighted by Gasteiger charge is -2.06. The second-order valence-electron chi connectivity index (χ2n) is 3.37. The second kappa shape index (κ2) is 5.79. The molecule has 0 saturated carbocycles. The van der Waals surface area contributed by atoms with Gasteiger partial charge in [-0.25, -0.2) is 0 Å². The summed E-state index contributed by atoms with van der Waals surface area (Å²) in [6.07, 6.45) is 1.75. The largest absolute Gasteiger partial charge is 0.312 e. The third-order valence-corrected chi connectivity index (χ3v) is 2.85. The van der Waals surface area contributed by atoms with Gasteiger partial charge >= 0.3 is 0 Å². The van der Waals surface area contributed by atoms with E-state index in [2.05, 4.69) is 11.9 Å². The molecule has 0 radical (unpaired) electrons. The molecule has 0 aliphatic heterocycles. The Morgan fingerprint density at radius 1 is 1.38 bits per heavy atom. The minimum Gasteiger partial charge on any atom is -0.312 e. The Hall–Kier alpha value is -1.17. The average Bonchev–Trinajstić information content (AvgIpc) is 2.23. The van der Waals surface area contributed by atoms with Crippen LogP contribution in [0.1, 0.15) is 11.1 Å². The molecular weight excluding hydrogens is 226 g/mol. The molecule has 88 valence electrons. The van der Waals surface area contributed by atoms with Gasteiger partial charge in [0.1, 0.15) is 0 Å². The van der Waals surface area contributed by atoms with Crippen molar-refractivity contribution >= 4 is 16.2 Å². The first-order chi connectivity index (χ1) is 7.53. The fourth-order valence-corrected chi connectivity index (χ4v) is 1.72. The van der Waals surface area contributed by atoms with Crippen molar-refractivity contribution in [2.75, 3.05) is 12.3 Å². The van der Waals surface area contributed by atoms with Crippen LogP contribution in [0, 0.1) is 0 Å². The first kappa shape index (κ1) is 12.9. The van der Waals surface area contributed by atoms with E-state index in [1.54, 1.807) is 6.08 Å². The SMILES string of the molecule is C=Cc1ccccc1CNCCS(=O)(=O)O. The molecule has 0 atom stereocenters. The summed E-state index contributed by atoms with van der Waals surface area (Å²) in [5.74, 6) is -0.275. The fraction of sp³-hybridized carbons (Fsp3) is 0.273. The topological polar surface area (TPSA) is 66.4 Å². The van der Waals surface area contributed by atoms with Gasteiger partial charge in [0.2, 0.25) is 0 Å². The van der Waals surface area contributed by atoms with Crippen molar-refractivity contribution in [3.05, 3.63) is 42.0 Å². The standard InChI is InChI=1S/C11H15NO3S/c1-2-10-5-3-4-6-11(10)9-12-7-8-16(13,14)15/h2-6,12H,1,7-9H2,(H,13,14,15). The van der Waals surface area contributed by atoms with Crippen LogP contribution in [-0.2, 0) is 16.7 Å². The van der Waals surface area contributed by atoms with E-state index in [0.29, 0.717) is 6.54 Å². The van der Waals surface area contributed by atoms with Crippen LogP contribution in [0.25, 0.3) is 6.08 Å². The average molecular weight is 241 g/mol. The second-order valence-corrected chi connectivity index (χ2v) is 4.94. The molecule has 0 saturated heterocycles. The van der Waals surface area contributed by atoms with Gasteiger partial charge in [0.25, 0.3) is 10.1 Å². The summed E-state index contributed by atoms with van der Waals surface area (Å²) in [7, 11) is -3.88. The molecule has 5 heteroatoms. The summed E-state index contributed by atoms with van der Waals surface area (Å²) in [5.41, 5.74) is 2.06. The van der Waals surface area contributed by atoms with Crippen molar-refractivity contribution in [2.45, 2.75) is 6.54 Å². The Morgan fingerprint density at radius 3 is 2.69 bits per heavy atom. The van der Waals surface area contributed by atoms with Gasteiger partial charge < -0.3 is 5.32 Å². The van der Waals surface area contributed by atoms with Crippen molar-refractivity contribution in [1.82, 2.24) is 5.32 Å². The van der Waals surface area contributed by atoms with Gasteiger partial charge in [-0.05, 0) is 11.1 Å². The Kier molecular flexibility index (Phi) is 4.67. The van der Waals surface area contributed by atoms with E-state index in [0.717, 1.165) is 11.1 Å². The van der Waals surface area contributed by atoms with Crippen LogP contribution in [0.2, 0.25) is 0 Å². The maximum atomic E-state index is 10.5. The van der Waals surface area contributed by atoms with E-state index in [1.807, 2.05) is 24.3 Å². The molecule has 0 aromatic heterocycles. The van der Waals surface area contributed by atoms with Gasteiger partial charge in [0.15, 0.2) is 0 Å². The maximum Gasteiger partial charge on any atom is 0.266 e. The monoisotopic (exact) mass is 241 g/mol. The lowest BCUT2D eigenvalue weighted by atomic mass is 10.1. The van der Waals surface area contributed by atoms with Crippen LogP contribution in [0.4, 0.5) is 0 Å². The molecule has 0 amide bonds. The highest BCUT2D eigenvalue weighted by Gasteiger charge is 2.03. The van der Waals surface area contributed by atoms with Crippen LogP contribution in [0.5, 0.6) is 0 Å². The van der Waals surface area contributed by atoms with Gasteiger partial charge in [0, 0.05) is 13.1 Å². The molecule has 0 heterocycles. The van der Waals surface area contributed by atoms with Crippen LogP contribution in [-0.4, -0.2) is 25.3 Å². The highest BCUT2D eigenvalue weighted by atomic mass is 32.2. The van der Waals surface area contributed by atoms with Gasteiger partial charge in [-0.1, -0.05) is 36.9 Å². The van der Waals surface area contributed by atoms with E-state index in [4.69, 9.17) is 4.55 Å². The Bertz CT molecular complexity index is 454. The predicted molar refractivity (Wildman–Crippen MR) is 64.7 cm³/mol.